The summed E-state index contributed by atoms with van der Waals surface area (Å²) in [6, 6.07) is 0. The molecule has 1 amide bonds. The molecule has 15 heavy (non-hydrogen) atoms. The Bertz CT molecular complexity index is 236. The van der Waals surface area contributed by atoms with Gasteiger partial charge in [-0.3, -0.25) is 9.69 Å². The van der Waals surface area contributed by atoms with Crippen LogP contribution in [0.3, 0.4) is 0 Å². The van der Waals surface area contributed by atoms with Crippen LogP contribution in [0.4, 0.5) is 0 Å². The zero-order valence-corrected chi connectivity index (χ0v) is 9.48. The first-order valence-electron chi connectivity index (χ1n) is 5.93. The summed E-state index contributed by atoms with van der Waals surface area (Å²) in [6.07, 6.45) is 1.10. The molecule has 1 aliphatic carbocycles. The number of nitrogens with two attached hydrogens (primary N) is 1. The third kappa shape index (κ3) is 2.49. The van der Waals surface area contributed by atoms with Crippen LogP contribution in [-0.4, -0.2) is 55.0 Å². The van der Waals surface area contributed by atoms with Gasteiger partial charge in [-0.15, -0.1) is 0 Å². The van der Waals surface area contributed by atoms with Gasteiger partial charge in [0, 0.05) is 45.2 Å². The summed E-state index contributed by atoms with van der Waals surface area (Å²) in [5.74, 6) is 1.35. The van der Waals surface area contributed by atoms with Crippen LogP contribution in [0.15, 0.2) is 0 Å². The van der Waals surface area contributed by atoms with Gasteiger partial charge in [0.05, 0.1) is 0 Å². The Morgan fingerprint density at radius 3 is 2.40 bits per heavy atom. The van der Waals surface area contributed by atoms with E-state index in [0.29, 0.717) is 24.3 Å². The minimum atomic E-state index is 0.339. The SMILES string of the molecule is CC1CC1C(=O)N1CCN(CCN)CC1. The molecule has 2 rings (SSSR count). The highest BCUT2D eigenvalue weighted by atomic mass is 16.2. The molecule has 0 bridgehead atoms. The minimum absolute atomic E-state index is 0.339. The Kier molecular flexibility index (Phi) is 3.26. The van der Waals surface area contributed by atoms with Crippen molar-refractivity contribution in [2.45, 2.75) is 13.3 Å². The Hall–Kier alpha value is -0.610. The number of piperazine rings is 1. The van der Waals surface area contributed by atoms with E-state index in [1.807, 2.05) is 4.90 Å². The lowest BCUT2D eigenvalue weighted by molar-refractivity contribution is -0.134. The molecule has 0 radical (unpaired) electrons. The highest BCUT2D eigenvalue weighted by Gasteiger charge is 2.41. The smallest absolute Gasteiger partial charge is 0.226 e. The number of hydrogen-bond acceptors (Lipinski definition) is 3. The van der Waals surface area contributed by atoms with Crippen LogP contribution in [0, 0.1) is 11.8 Å². The molecule has 2 N–H and O–H groups in total. The van der Waals surface area contributed by atoms with E-state index < -0.39 is 0 Å². The zero-order valence-electron chi connectivity index (χ0n) is 9.48. The van der Waals surface area contributed by atoms with Crippen LogP contribution in [0.25, 0.3) is 0 Å². The van der Waals surface area contributed by atoms with E-state index in [2.05, 4.69) is 11.8 Å². The van der Waals surface area contributed by atoms with Gasteiger partial charge in [0.15, 0.2) is 0 Å². The standard InChI is InChI=1S/C11H21N3O/c1-9-8-10(9)11(15)14-6-4-13(3-2-12)5-7-14/h9-10H,2-8,12H2,1H3. The number of carbonyl (C=O) groups is 1. The normalized spacial score (nSPS) is 31.7. The van der Waals surface area contributed by atoms with E-state index in [-0.39, 0.29) is 0 Å². The van der Waals surface area contributed by atoms with Crippen LogP contribution in [0.5, 0.6) is 0 Å². The number of rotatable bonds is 3. The van der Waals surface area contributed by atoms with Gasteiger partial charge in [0.25, 0.3) is 0 Å². The molecule has 0 spiro atoms. The maximum atomic E-state index is 11.9. The van der Waals surface area contributed by atoms with Gasteiger partial charge in [-0.05, 0) is 12.3 Å². The molecular formula is C11H21N3O. The minimum Gasteiger partial charge on any atom is -0.340 e. The second kappa shape index (κ2) is 4.49. The number of amides is 1. The maximum Gasteiger partial charge on any atom is 0.226 e. The average Bonchev–Trinajstić information content (AvgIpc) is 2.96. The van der Waals surface area contributed by atoms with Gasteiger partial charge in [-0.25, -0.2) is 0 Å². The first-order valence-corrected chi connectivity index (χ1v) is 5.93. The van der Waals surface area contributed by atoms with Gasteiger partial charge in [-0.2, -0.15) is 0 Å². The van der Waals surface area contributed by atoms with E-state index in [0.717, 1.165) is 39.1 Å². The maximum absolute atomic E-state index is 11.9. The van der Waals surface area contributed by atoms with Crippen LogP contribution in [-0.2, 0) is 4.79 Å². The van der Waals surface area contributed by atoms with Gasteiger partial charge in [0.1, 0.15) is 0 Å². The van der Waals surface area contributed by atoms with Crippen LogP contribution >= 0.6 is 0 Å². The fourth-order valence-electron chi connectivity index (χ4n) is 2.28. The third-order valence-electron chi connectivity index (χ3n) is 3.56. The van der Waals surface area contributed by atoms with Crippen LogP contribution < -0.4 is 5.73 Å². The molecule has 2 aliphatic rings. The Morgan fingerprint density at radius 2 is 1.93 bits per heavy atom. The molecule has 1 heterocycles. The molecule has 2 unspecified atom stereocenters. The summed E-state index contributed by atoms with van der Waals surface area (Å²) in [5.41, 5.74) is 5.51. The second-order valence-corrected chi connectivity index (χ2v) is 4.78. The quantitative estimate of drug-likeness (QED) is 0.700. The first kappa shape index (κ1) is 10.9. The Balaban J connectivity index is 1.75. The number of nitrogens with zero attached hydrogens (tertiary/aromatic N) is 2. The molecule has 2 fully saturated rings. The molecule has 1 aliphatic heterocycles. The van der Waals surface area contributed by atoms with Crippen molar-refractivity contribution >= 4 is 5.91 Å². The monoisotopic (exact) mass is 211 g/mol. The molecule has 1 saturated heterocycles. The molecule has 1 saturated carbocycles. The van der Waals surface area contributed by atoms with Crippen molar-refractivity contribution in [3.63, 3.8) is 0 Å². The molecular weight excluding hydrogens is 190 g/mol. The third-order valence-corrected chi connectivity index (χ3v) is 3.56. The summed E-state index contributed by atoms with van der Waals surface area (Å²) < 4.78 is 0. The molecule has 4 heteroatoms. The van der Waals surface area contributed by atoms with E-state index in [4.69, 9.17) is 5.73 Å². The average molecular weight is 211 g/mol. The van der Waals surface area contributed by atoms with Gasteiger partial charge in [0.2, 0.25) is 5.91 Å². The molecule has 86 valence electrons. The molecule has 0 aromatic heterocycles. The lowest BCUT2D eigenvalue weighted by Crippen LogP contribution is -2.50. The summed E-state index contributed by atoms with van der Waals surface area (Å²) in [7, 11) is 0. The largest absolute Gasteiger partial charge is 0.340 e. The lowest BCUT2D eigenvalue weighted by Gasteiger charge is -2.34. The van der Waals surface area contributed by atoms with E-state index in [9.17, 15) is 4.79 Å². The first-order chi connectivity index (χ1) is 7.22. The van der Waals surface area contributed by atoms with Crippen LogP contribution in [0.2, 0.25) is 0 Å². The van der Waals surface area contributed by atoms with Gasteiger partial charge < -0.3 is 10.6 Å². The lowest BCUT2D eigenvalue weighted by atomic mass is 10.2. The highest BCUT2D eigenvalue weighted by Crippen LogP contribution is 2.39. The number of carbonyl (C=O) groups excluding carboxylic acids is 1. The van der Waals surface area contributed by atoms with Crippen molar-refractivity contribution in [3.8, 4) is 0 Å². The predicted molar refractivity (Wildman–Crippen MR) is 59.3 cm³/mol. The van der Waals surface area contributed by atoms with Crippen molar-refractivity contribution in [3.05, 3.63) is 0 Å². The van der Waals surface area contributed by atoms with E-state index in [1.54, 1.807) is 0 Å². The van der Waals surface area contributed by atoms with E-state index in [1.165, 1.54) is 0 Å². The molecule has 2 atom stereocenters. The van der Waals surface area contributed by atoms with Crippen molar-refractivity contribution < 1.29 is 4.79 Å². The molecule has 4 nitrogen and oxygen atoms in total. The van der Waals surface area contributed by atoms with Crippen LogP contribution in [0.1, 0.15) is 13.3 Å². The van der Waals surface area contributed by atoms with Crippen molar-refractivity contribution in [1.29, 1.82) is 0 Å². The van der Waals surface area contributed by atoms with Gasteiger partial charge in [-0.1, -0.05) is 6.92 Å². The fraction of sp³-hybridized carbons (Fsp3) is 0.909. The highest BCUT2D eigenvalue weighted by molar-refractivity contribution is 5.81. The molecule has 0 aromatic carbocycles. The summed E-state index contributed by atoms with van der Waals surface area (Å²) >= 11 is 0. The van der Waals surface area contributed by atoms with E-state index >= 15 is 0 Å². The van der Waals surface area contributed by atoms with Gasteiger partial charge >= 0.3 is 0 Å². The van der Waals surface area contributed by atoms with Crippen molar-refractivity contribution in [1.82, 2.24) is 9.80 Å². The predicted octanol–water partition coefficient (Wildman–Crippen LogP) is -0.255. The molecule has 0 aromatic rings. The van der Waals surface area contributed by atoms with Crippen molar-refractivity contribution in [2.24, 2.45) is 17.6 Å². The zero-order chi connectivity index (χ0) is 10.8. The second-order valence-electron chi connectivity index (χ2n) is 4.78. The fourth-order valence-corrected chi connectivity index (χ4v) is 2.28. The Morgan fingerprint density at radius 1 is 1.33 bits per heavy atom. The summed E-state index contributed by atoms with van der Waals surface area (Å²) in [6.45, 7) is 7.60. The van der Waals surface area contributed by atoms with Crippen molar-refractivity contribution in [2.75, 3.05) is 39.3 Å². The summed E-state index contributed by atoms with van der Waals surface area (Å²) in [5, 5.41) is 0. The topological polar surface area (TPSA) is 49.6 Å². The number of hydrogen-bond donors (Lipinski definition) is 1. The Labute approximate surface area is 91.4 Å². The summed E-state index contributed by atoms with van der Waals surface area (Å²) in [4.78, 5) is 16.3.